The van der Waals surface area contributed by atoms with Crippen LogP contribution < -0.4 is 10.6 Å². The smallest absolute Gasteiger partial charge is 0.349 e. The Labute approximate surface area is 179 Å². The number of thiophene rings is 1. The number of benzene rings is 1. The molecule has 10 heteroatoms. The molecule has 31 heavy (non-hydrogen) atoms. The van der Waals surface area contributed by atoms with Crippen LogP contribution in [0.15, 0.2) is 48.0 Å². The summed E-state index contributed by atoms with van der Waals surface area (Å²) in [5.41, 5.74) is 0.175. The maximum absolute atomic E-state index is 13.2. The van der Waals surface area contributed by atoms with E-state index >= 15 is 0 Å². The standard InChI is InChI=1S/C21H17F3N4O2S/c22-21(23,24)15-5-2-1-4-14(15)18(29)26-13-7-8-16-12(10-13)11-25-20(27-16)28-19(30)17-6-3-9-31-17/h1-6,9,11,13H,7-8,10H2,(H,26,29)(H,25,27,28,30). The van der Waals surface area contributed by atoms with Gasteiger partial charge in [-0.15, -0.1) is 11.3 Å². The molecule has 2 N–H and O–H groups in total. The number of carbonyl (C=O) groups is 2. The minimum Gasteiger partial charge on any atom is -0.349 e. The Morgan fingerprint density at radius 2 is 1.90 bits per heavy atom. The Kier molecular flexibility index (Phi) is 5.73. The minimum atomic E-state index is -4.61. The van der Waals surface area contributed by atoms with Gasteiger partial charge in [0.25, 0.3) is 11.8 Å². The molecule has 0 bridgehead atoms. The van der Waals surface area contributed by atoms with Crippen LogP contribution in [0.25, 0.3) is 0 Å². The average Bonchev–Trinajstić information content (AvgIpc) is 3.28. The van der Waals surface area contributed by atoms with Crippen LogP contribution in [-0.2, 0) is 19.0 Å². The van der Waals surface area contributed by atoms with E-state index in [9.17, 15) is 22.8 Å². The third kappa shape index (κ3) is 4.74. The Balaban J connectivity index is 1.43. The fraction of sp³-hybridized carbons (Fsp3) is 0.238. The average molecular weight is 446 g/mol. The van der Waals surface area contributed by atoms with Gasteiger partial charge in [0, 0.05) is 17.9 Å². The summed E-state index contributed by atoms with van der Waals surface area (Å²) in [6, 6.07) is 7.85. The Hall–Kier alpha value is -3.27. The molecule has 2 aromatic heterocycles. The molecule has 2 heterocycles. The van der Waals surface area contributed by atoms with Crippen molar-refractivity contribution in [3.63, 3.8) is 0 Å². The van der Waals surface area contributed by atoms with E-state index in [0.29, 0.717) is 24.1 Å². The molecule has 1 aliphatic carbocycles. The number of carbonyl (C=O) groups excluding carboxylic acids is 2. The summed E-state index contributed by atoms with van der Waals surface area (Å²) in [6.45, 7) is 0. The van der Waals surface area contributed by atoms with Crippen LogP contribution in [0.2, 0.25) is 0 Å². The Morgan fingerprint density at radius 1 is 1.10 bits per heavy atom. The summed E-state index contributed by atoms with van der Waals surface area (Å²) in [5.74, 6) is -0.861. The van der Waals surface area contributed by atoms with Gasteiger partial charge >= 0.3 is 6.18 Å². The van der Waals surface area contributed by atoms with Crippen molar-refractivity contribution in [2.75, 3.05) is 5.32 Å². The van der Waals surface area contributed by atoms with Crippen molar-refractivity contribution in [1.29, 1.82) is 0 Å². The minimum absolute atomic E-state index is 0.193. The van der Waals surface area contributed by atoms with Crippen molar-refractivity contribution in [3.8, 4) is 0 Å². The topological polar surface area (TPSA) is 84.0 Å². The maximum atomic E-state index is 13.2. The number of anilines is 1. The molecule has 2 amide bonds. The predicted octanol–water partition coefficient (Wildman–Crippen LogP) is 4.10. The third-order valence-electron chi connectivity index (χ3n) is 4.93. The SMILES string of the molecule is O=C(Nc1ncc2c(n1)CCC(NC(=O)c1ccccc1C(F)(F)F)C2)c1cccs1. The van der Waals surface area contributed by atoms with Crippen LogP contribution in [-0.4, -0.2) is 27.8 Å². The first-order valence-electron chi connectivity index (χ1n) is 9.48. The number of aryl methyl sites for hydroxylation is 1. The molecular formula is C21H17F3N4O2S. The highest BCUT2D eigenvalue weighted by Crippen LogP contribution is 2.32. The van der Waals surface area contributed by atoms with Crippen LogP contribution >= 0.6 is 11.3 Å². The van der Waals surface area contributed by atoms with Gasteiger partial charge in [-0.3, -0.25) is 14.9 Å². The lowest BCUT2D eigenvalue weighted by Crippen LogP contribution is -2.39. The van der Waals surface area contributed by atoms with Gasteiger partial charge in [0.05, 0.1) is 16.0 Å². The number of nitrogens with one attached hydrogen (secondary N) is 2. The van der Waals surface area contributed by atoms with E-state index in [-0.39, 0.29) is 17.9 Å². The lowest BCUT2D eigenvalue weighted by Gasteiger charge is -2.25. The largest absolute Gasteiger partial charge is 0.417 e. The molecule has 1 aromatic carbocycles. The van der Waals surface area contributed by atoms with Crippen molar-refractivity contribution in [2.24, 2.45) is 0 Å². The molecule has 0 aliphatic heterocycles. The number of nitrogens with zero attached hydrogens (tertiary/aromatic N) is 2. The van der Waals surface area contributed by atoms with Crippen LogP contribution in [0.5, 0.6) is 0 Å². The Morgan fingerprint density at radius 3 is 2.65 bits per heavy atom. The van der Waals surface area contributed by atoms with Crippen LogP contribution in [0.4, 0.5) is 19.1 Å². The van der Waals surface area contributed by atoms with Crippen molar-refractivity contribution < 1.29 is 22.8 Å². The number of alkyl halides is 3. The summed E-state index contributed by atoms with van der Waals surface area (Å²) in [5, 5.41) is 7.14. The number of halogens is 3. The van der Waals surface area contributed by atoms with Crippen LogP contribution in [0, 0.1) is 0 Å². The zero-order valence-electron chi connectivity index (χ0n) is 16.1. The normalized spacial score (nSPS) is 15.8. The quantitative estimate of drug-likeness (QED) is 0.632. The number of aromatic nitrogens is 2. The highest BCUT2D eigenvalue weighted by atomic mass is 32.1. The number of fused-ring (bicyclic) bond motifs is 1. The molecule has 0 saturated carbocycles. The first-order chi connectivity index (χ1) is 14.8. The third-order valence-corrected chi connectivity index (χ3v) is 5.80. The number of hydrogen-bond donors (Lipinski definition) is 2. The maximum Gasteiger partial charge on any atom is 0.417 e. The number of hydrogen-bond acceptors (Lipinski definition) is 5. The van der Waals surface area contributed by atoms with Gasteiger partial charge in [0.15, 0.2) is 0 Å². The van der Waals surface area contributed by atoms with Crippen molar-refractivity contribution >= 4 is 29.1 Å². The molecule has 1 unspecified atom stereocenters. The molecule has 1 atom stereocenters. The first-order valence-corrected chi connectivity index (χ1v) is 10.4. The zero-order valence-corrected chi connectivity index (χ0v) is 16.9. The second kappa shape index (κ2) is 8.46. The summed E-state index contributed by atoms with van der Waals surface area (Å²) < 4.78 is 39.5. The lowest BCUT2D eigenvalue weighted by molar-refractivity contribution is -0.137. The van der Waals surface area contributed by atoms with Crippen molar-refractivity contribution in [2.45, 2.75) is 31.5 Å². The number of amides is 2. The van der Waals surface area contributed by atoms with Gasteiger partial charge < -0.3 is 5.32 Å². The fourth-order valence-corrected chi connectivity index (χ4v) is 4.07. The molecule has 3 aromatic rings. The van der Waals surface area contributed by atoms with E-state index in [1.54, 1.807) is 23.7 Å². The molecule has 6 nitrogen and oxygen atoms in total. The predicted molar refractivity (Wildman–Crippen MR) is 109 cm³/mol. The molecule has 0 radical (unpaired) electrons. The highest BCUT2D eigenvalue weighted by Gasteiger charge is 2.35. The second-order valence-electron chi connectivity index (χ2n) is 7.05. The molecule has 1 aliphatic rings. The van der Waals surface area contributed by atoms with Gasteiger partial charge in [-0.2, -0.15) is 13.2 Å². The summed E-state index contributed by atoms with van der Waals surface area (Å²) in [4.78, 5) is 33.7. The van der Waals surface area contributed by atoms with E-state index in [4.69, 9.17) is 0 Å². The second-order valence-corrected chi connectivity index (χ2v) is 8.00. The van der Waals surface area contributed by atoms with Crippen molar-refractivity contribution in [3.05, 3.63) is 75.2 Å². The fourth-order valence-electron chi connectivity index (χ4n) is 3.45. The van der Waals surface area contributed by atoms with E-state index in [2.05, 4.69) is 20.6 Å². The molecule has 4 rings (SSSR count). The van der Waals surface area contributed by atoms with Gasteiger partial charge in [-0.25, -0.2) is 9.97 Å². The summed E-state index contributed by atoms with van der Waals surface area (Å²) >= 11 is 1.31. The van der Waals surface area contributed by atoms with Gasteiger partial charge in [0.1, 0.15) is 0 Å². The lowest BCUT2D eigenvalue weighted by atomic mass is 9.92. The highest BCUT2D eigenvalue weighted by molar-refractivity contribution is 7.12. The molecular weight excluding hydrogens is 429 g/mol. The zero-order chi connectivity index (χ0) is 22.0. The molecule has 0 saturated heterocycles. The number of rotatable bonds is 4. The van der Waals surface area contributed by atoms with Gasteiger partial charge in [-0.1, -0.05) is 18.2 Å². The van der Waals surface area contributed by atoms with E-state index in [1.165, 1.54) is 29.5 Å². The van der Waals surface area contributed by atoms with Crippen molar-refractivity contribution in [1.82, 2.24) is 15.3 Å². The molecule has 0 fully saturated rings. The van der Waals surface area contributed by atoms with E-state index < -0.39 is 23.2 Å². The Bertz CT molecular complexity index is 1120. The van der Waals surface area contributed by atoms with Crippen LogP contribution in [0.3, 0.4) is 0 Å². The van der Waals surface area contributed by atoms with E-state index in [0.717, 1.165) is 17.3 Å². The molecule has 160 valence electrons. The first kappa shape index (κ1) is 21.0. The summed E-state index contributed by atoms with van der Waals surface area (Å²) in [6.07, 6.45) is -1.61. The van der Waals surface area contributed by atoms with Crippen LogP contribution in [0.1, 0.15) is 43.3 Å². The summed E-state index contributed by atoms with van der Waals surface area (Å²) in [7, 11) is 0. The molecule has 0 spiro atoms. The van der Waals surface area contributed by atoms with E-state index in [1.807, 2.05) is 0 Å². The van der Waals surface area contributed by atoms with Gasteiger partial charge in [0.2, 0.25) is 5.95 Å². The monoisotopic (exact) mass is 446 g/mol. The van der Waals surface area contributed by atoms with Gasteiger partial charge in [-0.05, 0) is 48.4 Å².